The number of rotatable bonds is 10. The fourth-order valence-corrected chi connectivity index (χ4v) is 3.48. The van der Waals surface area contributed by atoms with Crippen LogP contribution < -0.4 is 15.2 Å². The average Bonchev–Trinajstić information content (AvgIpc) is 2.73. The predicted octanol–water partition coefficient (Wildman–Crippen LogP) is 4.58. The van der Waals surface area contributed by atoms with Gasteiger partial charge < -0.3 is 19.5 Å². The predicted molar refractivity (Wildman–Crippen MR) is 131 cm³/mol. The van der Waals surface area contributed by atoms with E-state index in [1.807, 2.05) is 13.0 Å². The van der Waals surface area contributed by atoms with Crippen molar-refractivity contribution in [2.24, 2.45) is 10.6 Å². The summed E-state index contributed by atoms with van der Waals surface area (Å²) in [5.41, 5.74) is -0.0230. The van der Waals surface area contributed by atoms with Crippen LogP contribution >= 0.6 is 12.2 Å². The van der Waals surface area contributed by atoms with Gasteiger partial charge in [0.15, 0.2) is 10.8 Å². The highest BCUT2D eigenvalue weighted by Crippen LogP contribution is 2.37. The average molecular weight is 495 g/mol. The first kappa shape index (κ1) is 26.6. The molecule has 0 atom stereocenters. The number of nitrogens with one attached hydrogen (secondary N) is 1. The van der Waals surface area contributed by atoms with Gasteiger partial charge in [0.05, 0.1) is 11.1 Å². The van der Waals surface area contributed by atoms with Crippen molar-refractivity contribution in [3.8, 4) is 11.5 Å². The second-order valence-corrected chi connectivity index (χ2v) is 10.2. The number of benzene rings is 2. The zero-order valence-electron chi connectivity index (χ0n) is 19.2. The van der Waals surface area contributed by atoms with Crippen molar-refractivity contribution in [1.29, 1.82) is 0 Å². The fraction of sp³-hybridized carbons (Fsp3) is 0.391. The van der Waals surface area contributed by atoms with Gasteiger partial charge in [-0.3, -0.25) is 4.79 Å². The van der Waals surface area contributed by atoms with E-state index >= 15 is 0 Å². The SMILES string of the molecule is CCCCNc1cc(C(=S)OCOC(=O)C(C)(C)C)cc(S(N)(=O)=O)c1Oc1ccccc1. The summed E-state index contributed by atoms with van der Waals surface area (Å²) in [5, 5.41) is 8.64. The standard InChI is InChI=1S/C23H30N2O6S2/c1-5-6-12-25-18-13-16(21(32)29-15-30-22(26)23(2,3)4)14-19(33(24,27)28)20(18)31-17-10-8-7-9-11-17/h7-11,13-14,25H,5-6,12,15H2,1-4H3,(H2,24,27,28). The van der Waals surface area contributed by atoms with E-state index in [1.54, 1.807) is 51.1 Å². The van der Waals surface area contributed by atoms with Gasteiger partial charge in [-0.2, -0.15) is 0 Å². The van der Waals surface area contributed by atoms with Crippen LogP contribution in [0.5, 0.6) is 11.5 Å². The highest BCUT2D eigenvalue weighted by molar-refractivity contribution is 7.89. The molecule has 180 valence electrons. The molecule has 10 heteroatoms. The van der Waals surface area contributed by atoms with E-state index in [0.29, 0.717) is 18.0 Å². The molecule has 0 amide bonds. The van der Waals surface area contributed by atoms with Crippen LogP contribution in [0.15, 0.2) is 47.4 Å². The summed E-state index contributed by atoms with van der Waals surface area (Å²) in [6.45, 7) is 7.35. The molecule has 0 saturated heterocycles. The second-order valence-electron chi connectivity index (χ2n) is 8.32. The van der Waals surface area contributed by atoms with Gasteiger partial charge in [0.1, 0.15) is 10.6 Å². The highest BCUT2D eigenvalue weighted by Gasteiger charge is 2.25. The van der Waals surface area contributed by atoms with E-state index in [1.165, 1.54) is 6.07 Å². The molecule has 0 spiro atoms. The molecule has 2 rings (SSSR count). The van der Waals surface area contributed by atoms with Crippen LogP contribution in [0.1, 0.15) is 46.1 Å². The third kappa shape index (κ3) is 7.99. The van der Waals surface area contributed by atoms with E-state index in [4.69, 9.17) is 31.6 Å². The number of para-hydroxylation sites is 1. The maximum Gasteiger partial charge on any atom is 0.314 e. The molecule has 0 aromatic heterocycles. The number of carbonyl (C=O) groups is 1. The van der Waals surface area contributed by atoms with Gasteiger partial charge in [-0.15, -0.1) is 0 Å². The monoisotopic (exact) mass is 494 g/mol. The Morgan fingerprint density at radius 3 is 2.36 bits per heavy atom. The normalized spacial score (nSPS) is 11.5. The smallest absolute Gasteiger partial charge is 0.314 e. The quantitative estimate of drug-likeness (QED) is 0.213. The number of hydrogen-bond acceptors (Lipinski definition) is 8. The fourth-order valence-electron chi connectivity index (χ4n) is 2.61. The number of sulfonamides is 1. The number of anilines is 1. The first-order valence-electron chi connectivity index (χ1n) is 10.5. The van der Waals surface area contributed by atoms with Crippen molar-refractivity contribution in [3.05, 3.63) is 48.0 Å². The number of primary sulfonamides is 1. The molecule has 3 N–H and O–H groups in total. The lowest BCUT2D eigenvalue weighted by Gasteiger charge is -2.19. The van der Waals surface area contributed by atoms with Gasteiger partial charge in [-0.1, -0.05) is 31.5 Å². The minimum absolute atomic E-state index is 0.0496. The lowest BCUT2D eigenvalue weighted by molar-refractivity contribution is -0.160. The summed E-state index contributed by atoms with van der Waals surface area (Å²) >= 11 is 5.30. The molecular formula is C23H30N2O6S2. The molecule has 0 radical (unpaired) electrons. The second kappa shape index (κ2) is 11.4. The Kier molecular flexibility index (Phi) is 9.21. The van der Waals surface area contributed by atoms with Crippen molar-refractivity contribution in [2.45, 2.75) is 45.4 Å². The number of carbonyl (C=O) groups excluding carboxylic acids is 1. The summed E-state index contributed by atoms with van der Waals surface area (Å²) in [5.74, 6) is 0.0520. The molecule has 0 fully saturated rings. The number of hydrogen-bond donors (Lipinski definition) is 2. The molecular weight excluding hydrogens is 464 g/mol. The van der Waals surface area contributed by atoms with Crippen LogP contribution in [0, 0.1) is 5.41 Å². The number of ether oxygens (including phenoxy) is 3. The first-order valence-corrected chi connectivity index (χ1v) is 12.4. The Morgan fingerprint density at radius 2 is 1.79 bits per heavy atom. The van der Waals surface area contributed by atoms with Crippen LogP contribution in [-0.4, -0.2) is 32.8 Å². The Bertz CT molecular complexity index is 1080. The summed E-state index contributed by atoms with van der Waals surface area (Å²) in [4.78, 5) is 11.7. The van der Waals surface area contributed by atoms with E-state index in [9.17, 15) is 13.2 Å². The third-order valence-corrected chi connectivity index (χ3v) is 5.67. The van der Waals surface area contributed by atoms with Crippen LogP contribution in [0.3, 0.4) is 0 Å². The van der Waals surface area contributed by atoms with Crippen LogP contribution in [0.2, 0.25) is 0 Å². The van der Waals surface area contributed by atoms with Gasteiger partial charge in [-0.25, -0.2) is 13.6 Å². The minimum atomic E-state index is -4.18. The number of thiocarbonyl (C=S) groups is 1. The Morgan fingerprint density at radius 1 is 1.12 bits per heavy atom. The van der Waals surface area contributed by atoms with Crippen molar-refractivity contribution in [3.63, 3.8) is 0 Å². The molecule has 0 aliphatic rings. The van der Waals surface area contributed by atoms with Crippen LogP contribution in [-0.2, 0) is 24.3 Å². The summed E-state index contributed by atoms with van der Waals surface area (Å²) < 4.78 is 41.2. The van der Waals surface area contributed by atoms with Crippen molar-refractivity contribution < 1.29 is 27.4 Å². The van der Waals surface area contributed by atoms with E-state index in [0.717, 1.165) is 12.8 Å². The number of nitrogens with two attached hydrogens (primary N) is 1. The highest BCUT2D eigenvalue weighted by atomic mass is 32.2. The zero-order chi connectivity index (χ0) is 24.6. The van der Waals surface area contributed by atoms with Gasteiger partial charge in [0.2, 0.25) is 16.8 Å². The molecule has 0 unspecified atom stereocenters. The molecule has 0 heterocycles. The molecule has 2 aromatic rings. The zero-order valence-corrected chi connectivity index (χ0v) is 20.8. The first-order chi connectivity index (χ1) is 15.4. The van der Waals surface area contributed by atoms with Crippen LogP contribution in [0.4, 0.5) is 5.69 Å². The van der Waals surface area contributed by atoms with Gasteiger partial charge in [0, 0.05) is 12.1 Å². The maximum absolute atomic E-state index is 12.4. The topological polar surface area (TPSA) is 117 Å². The summed E-state index contributed by atoms with van der Waals surface area (Å²) in [6.07, 6.45) is 1.79. The third-order valence-electron chi connectivity index (χ3n) is 4.40. The van der Waals surface area contributed by atoms with Crippen molar-refractivity contribution in [2.75, 3.05) is 18.7 Å². The number of unbranched alkanes of at least 4 members (excludes halogenated alkanes) is 1. The Labute approximate surface area is 200 Å². The summed E-state index contributed by atoms with van der Waals surface area (Å²) in [6, 6.07) is 11.7. The minimum Gasteiger partial charge on any atom is -0.454 e. The van der Waals surface area contributed by atoms with E-state index in [2.05, 4.69) is 5.32 Å². The molecule has 0 bridgehead atoms. The molecule has 2 aromatic carbocycles. The largest absolute Gasteiger partial charge is 0.454 e. The maximum atomic E-state index is 12.4. The molecule has 33 heavy (non-hydrogen) atoms. The van der Waals surface area contributed by atoms with Crippen LogP contribution in [0.25, 0.3) is 0 Å². The van der Waals surface area contributed by atoms with Gasteiger partial charge >= 0.3 is 5.97 Å². The van der Waals surface area contributed by atoms with Crippen molar-refractivity contribution >= 4 is 38.9 Å². The Balaban J connectivity index is 2.40. The lowest BCUT2D eigenvalue weighted by atomic mass is 9.98. The molecule has 8 nitrogen and oxygen atoms in total. The van der Waals surface area contributed by atoms with E-state index in [-0.39, 0.29) is 21.3 Å². The number of esters is 1. The van der Waals surface area contributed by atoms with Gasteiger partial charge in [-0.05, 0) is 63.7 Å². The van der Waals surface area contributed by atoms with Gasteiger partial charge in [0.25, 0.3) is 0 Å². The van der Waals surface area contributed by atoms with Crippen molar-refractivity contribution in [1.82, 2.24) is 0 Å². The molecule has 0 aliphatic carbocycles. The molecule has 0 aliphatic heterocycles. The summed E-state index contributed by atoms with van der Waals surface area (Å²) in [7, 11) is -4.18. The Hall–Kier alpha value is -2.69. The van der Waals surface area contributed by atoms with E-state index < -0.39 is 28.2 Å². The lowest BCUT2D eigenvalue weighted by Crippen LogP contribution is -2.24. The molecule has 0 saturated carbocycles.